The minimum Gasteiger partial charge on any atom is -0.455 e. The van der Waals surface area contributed by atoms with Gasteiger partial charge in [0.15, 0.2) is 6.61 Å². The van der Waals surface area contributed by atoms with Crippen LogP contribution in [-0.2, 0) is 43.4 Å². The molecule has 144 valence electrons. The van der Waals surface area contributed by atoms with Crippen LogP contribution in [-0.4, -0.2) is 60.3 Å². The molecule has 0 bridgehead atoms. The van der Waals surface area contributed by atoms with E-state index in [2.05, 4.69) is 4.74 Å². The Bertz CT molecular complexity index is 847. The molecule has 6 radical (unpaired) electrons. The van der Waals surface area contributed by atoms with Gasteiger partial charge in [0.1, 0.15) is 5.75 Å². The van der Waals surface area contributed by atoms with Crippen LogP contribution >= 0.6 is 0 Å². The average molecular weight is 408 g/mol. The smallest absolute Gasteiger partial charge is 0.402 e. The number of alkyl halides is 2. The zero-order valence-electron chi connectivity index (χ0n) is 14.4. The van der Waals surface area contributed by atoms with Crippen molar-refractivity contribution in [3.05, 3.63) is 41.0 Å². The molecule has 1 aromatic carbocycles. The maximum Gasteiger partial charge on any atom is 0.402 e. The highest BCUT2D eigenvalue weighted by atomic mass is 32.2. The van der Waals surface area contributed by atoms with Gasteiger partial charge < -0.3 is 9.47 Å². The van der Waals surface area contributed by atoms with Crippen LogP contribution in [0, 0.1) is 0 Å². The summed E-state index contributed by atoms with van der Waals surface area (Å²) in [5.74, 6) is -2.46. The van der Waals surface area contributed by atoms with Crippen LogP contribution in [0.1, 0.15) is 16.7 Å². The molecule has 0 heterocycles. The fourth-order valence-electron chi connectivity index (χ4n) is 1.93. The monoisotopic (exact) mass is 408 g/mol. The van der Waals surface area contributed by atoms with E-state index >= 15 is 0 Å². The van der Waals surface area contributed by atoms with Gasteiger partial charge in [-0.2, -0.15) is 17.2 Å². The molecule has 0 aliphatic rings. The molecule has 0 aromatic heterocycles. The van der Waals surface area contributed by atoms with Gasteiger partial charge in [0.2, 0.25) is 0 Å². The summed E-state index contributed by atoms with van der Waals surface area (Å²) in [7, 11) is 11.0. The number of esters is 2. The zero-order chi connectivity index (χ0) is 21.5. The molecule has 0 saturated heterocycles. The number of hydrogen-bond acceptors (Lipinski definition) is 6. The molecule has 0 aliphatic carbocycles. The van der Waals surface area contributed by atoms with Crippen molar-refractivity contribution in [1.82, 2.24) is 0 Å². The Morgan fingerprint density at radius 1 is 1.04 bits per heavy atom. The molecular formula is C15H13B3F2O7S. The average Bonchev–Trinajstić information content (AvgIpc) is 2.63. The summed E-state index contributed by atoms with van der Waals surface area (Å²) in [4.78, 5) is 23.2. The van der Waals surface area contributed by atoms with E-state index in [1.165, 1.54) is 0 Å². The standard InChI is InChI=1S/C15H13B3F2O7S/c16-5-9-3-10(6-17)14(11(4-9)7-18)27-13(22)2-1-12(21)26-8-15(19,20)28(23,24)25/h1-4H,5-8H2,(H,23,24,25)/b2-1-. The predicted octanol–water partition coefficient (Wildman–Crippen LogP) is 0.177. The molecule has 7 nitrogen and oxygen atoms in total. The van der Waals surface area contributed by atoms with E-state index in [-0.39, 0.29) is 24.7 Å². The van der Waals surface area contributed by atoms with Gasteiger partial charge in [-0.1, -0.05) is 36.7 Å². The molecule has 0 spiro atoms. The van der Waals surface area contributed by atoms with Crippen LogP contribution in [0.3, 0.4) is 0 Å². The lowest BCUT2D eigenvalue weighted by Crippen LogP contribution is -2.34. The number of benzene rings is 1. The quantitative estimate of drug-likeness (QED) is 0.204. The highest BCUT2D eigenvalue weighted by Crippen LogP contribution is 2.27. The summed E-state index contributed by atoms with van der Waals surface area (Å²) in [6.45, 7) is -1.93. The molecule has 0 aliphatic heterocycles. The van der Waals surface area contributed by atoms with Gasteiger partial charge in [-0.25, -0.2) is 9.59 Å². The fraction of sp³-hybridized carbons (Fsp3) is 0.333. The number of carbonyl (C=O) groups excluding carboxylic acids is 2. The topological polar surface area (TPSA) is 107 Å². The third kappa shape index (κ3) is 6.48. The number of hydrogen-bond donors (Lipinski definition) is 1. The van der Waals surface area contributed by atoms with Gasteiger partial charge in [-0.05, 0) is 11.1 Å². The fourth-order valence-corrected chi connectivity index (χ4v) is 2.14. The second-order valence-electron chi connectivity index (χ2n) is 5.33. The van der Waals surface area contributed by atoms with Crippen LogP contribution in [0.4, 0.5) is 8.78 Å². The lowest BCUT2D eigenvalue weighted by molar-refractivity contribution is -0.144. The highest BCUT2D eigenvalue weighted by molar-refractivity contribution is 7.86. The minimum absolute atomic E-state index is 0.0000738. The Balaban J connectivity index is 2.83. The van der Waals surface area contributed by atoms with E-state index in [0.717, 1.165) is 0 Å². The van der Waals surface area contributed by atoms with Crippen LogP contribution in [0.25, 0.3) is 0 Å². The molecule has 13 heteroatoms. The summed E-state index contributed by atoms with van der Waals surface area (Å²) < 4.78 is 64.0. The molecule has 0 atom stereocenters. The lowest BCUT2D eigenvalue weighted by Gasteiger charge is -2.15. The van der Waals surface area contributed by atoms with E-state index in [0.29, 0.717) is 28.8 Å². The Morgan fingerprint density at radius 2 is 1.54 bits per heavy atom. The summed E-state index contributed by atoms with van der Waals surface area (Å²) in [5, 5.41) is -4.69. The highest BCUT2D eigenvalue weighted by Gasteiger charge is 2.45. The van der Waals surface area contributed by atoms with E-state index < -0.39 is 33.9 Å². The van der Waals surface area contributed by atoms with Gasteiger partial charge in [0, 0.05) is 12.2 Å². The summed E-state index contributed by atoms with van der Waals surface area (Å²) in [6, 6.07) is 3.22. The predicted molar refractivity (Wildman–Crippen MR) is 97.0 cm³/mol. The third-order valence-electron chi connectivity index (χ3n) is 3.30. The summed E-state index contributed by atoms with van der Waals surface area (Å²) in [6.07, 6.45) is 1.22. The van der Waals surface area contributed by atoms with Crippen molar-refractivity contribution in [2.75, 3.05) is 6.61 Å². The Kier molecular flexibility index (Phi) is 8.43. The minimum atomic E-state index is -5.75. The number of rotatable bonds is 9. The second-order valence-corrected chi connectivity index (χ2v) is 6.88. The van der Waals surface area contributed by atoms with E-state index in [9.17, 15) is 26.8 Å². The molecule has 0 saturated carbocycles. The van der Waals surface area contributed by atoms with Crippen molar-refractivity contribution >= 4 is 45.6 Å². The van der Waals surface area contributed by atoms with Crippen molar-refractivity contribution in [1.29, 1.82) is 0 Å². The van der Waals surface area contributed by atoms with Crippen LogP contribution in [0.2, 0.25) is 0 Å². The van der Waals surface area contributed by atoms with Crippen LogP contribution < -0.4 is 4.74 Å². The molecule has 0 unspecified atom stereocenters. The largest absolute Gasteiger partial charge is 0.455 e. The second kappa shape index (κ2) is 9.88. The first kappa shape index (κ1) is 23.9. The Morgan fingerprint density at radius 3 is 1.96 bits per heavy atom. The van der Waals surface area contributed by atoms with Gasteiger partial charge in [0.25, 0.3) is 0 Å². The van der Waals surface area contributed by atoms with Crippen molar-refractivity contribution < 1.29 is 40.8 Å². The molecule has 1 aromatic rings. The zero-order valence-corrected chi connectivity index (χ0v) is 15.2. The SMILES string of the molecule is [B]Cc1cc(C[B])c(OC(=O)/C=C\C(=O)OCC(F)(F)S(=O)(=O)O)c(C[B])c1. The molecule has 0 amide bonds. The van der Waals surface area contributed by atoms with E-state index in [4.69, 9.17) is 32.8 Å². The molecule has 28 heavy (non-hydrogen) atoms. The van der Waals surface area contributed by atoms with E-state index in [1.807, 2.05) is 0 Å². The summed E-state index contributed by atoms with van der Waals surface area (Å²) >= 11 is 0. The molecule has 1 N–H and O–H groups in total. The first-order chi connectivity index (χ1) is 12.9. The Hall–Kier alpha value is -2.14. The van der Waals surface area contributed by atoms with Gasteiger partial charge >= 0.3 is 27.3 Å². The number of halogens is 2. The molecule has 1 rings (SSSR count). The van der Waals surface area contributed by atoms with Gasteiger partial charge in [-0.3, -0.25) is 4.55 Å². The third-order valence-corrected chi connectivity index (χ3v) is 4.17. The molecular weight excluding hydrogens is 395 g/mol. The van der Waals surface area contributed by atoms with Crippen molar-refractivity contribution in [3.63, 3.8) is 0 Å². The number of ether oxygens (including phenoxy) is 2. The van der Waals surface area contributed by atoms with Gasteiger partial charge in [-0.15, -0.1) is 0 Å². The lowest BCUT2D eigenvalue weighted by atomic mass is 9.85. The first-order valence-corrected chi connectivity index (χ1v) is 9.05. The van der Waals surface area contributed by atoms with Gasteiger partial charge in [0.05, 0.1) is 23.5 Å². The van der Waals surface area contributed by atoms with Crippen LogP contribution in [0.15, 0.2) is 24.3 Å². The maximum atomic E-state index is 12.9. The normalized spacial score (nSPS) is 12.1. The summed E-state index contributed by atoms with van der Waals surface area (Å²) in [5.41, 5.74) is 1.57. The molecule has 0 fully saturated rings. The van der Waals surface area contributed by atoms with Crippen LogP contribution in [0.5, 0.6) is 5.75 Å². The van der Waals surface area contributed by atoms with Crippen molar-refractivity contribution in [2.45, 2.75) is 24.2 Å². The Labute approximate surface area is 164 Å². The van der Waals surface area contributed by atoms with Crippen molar-refractivity contribution in [3.8, 4) is 5.75 Å². The maximum absolute atomic E-state index is 12.9. The van der Waals surface area contributed by atoms with Crippen molar-refractivity contribution in [2.24, 2.45) is 0 Å². The first-order valence-electron chi connectivity index (χ1n) is 7.61. The number of carbonyl (C=O) groups is 2. The van der Waals surface area contributed by atoms with E-state index in [1.54, 1.807) is 12.1 Å².